The molecule has 0 heterocycles. The Bertz CT molecular complexity index is 1570. The maximum Gasteiger partial charge on any atom is 0.472 e. The average Bonchev–Trinajstić information content (AvgIpc) is 3.39. The van der Waals surface area contributed by atoms with E-state index in [-0.39, 0.29) is 19.1 Å². The largest absolute Gasteiger partial charge is 0.472 e. The van der Waals surface area contributed by atoms with Crippen molar-refractivity contribution in [1.82, 2.24) is 5.32 Å². The standard InChI is InChI=1S/C68H123N2O6P/c1-6-8-10-12-14-16-18-20-22-24-26-28-30-32-33-34-35-36-38-39-41-43-45-47-49-51-53-55-57-59-61-67(71)66(65-76-77(73,74)75-64-63-70(3,4)5)69-68(72)62-60-58-56-54-52-50-48-46-44-42-40-37-31-29-27-25-23-21-19-17-15-13-11-9-7-2/h9,11,15,17,21,23,27,29,37,40,43,45,51,53,59,61,66-67,71H,6-8,10,12-14,16,18-20,22,24-26,28,30-36,38-39,41-42,44,46-50,52,54-58,60,62-65H2,1-5H3,(H-,69,72,73,74)/p+1/b11-9-,17-15-,23-21-,29-27-,40-37-,45-43+,53-51+,61-59+. The van der Waals surface area contributed by atoms with E-state index in [0.29, 0.717) is 17.4 Å². The van der Waals surface area contributed by atoms with Crippen molar-refractivity contribution in [2.75, 3.05) is 40.9 Å². The highest BCUT2D eigenvalue weighted by atomic mass is 31.2. The minimum Gasteiger partial charge on any atom is -0.387 e. The highest BCUT2D eigenvalue weighted by Gasteiger charge is 2.27. The SMILES string of the molecule is CC/C=C\C/C=C\C/C=C\C/C=C\C/C=C\CCCCCCCCCCCC(=O)NC(COP(=O)(O)OCC[N+](C)(C)C)C(O)/C=C/CC/C=C/CC/C=C/CCCCCCCCCCCCCCCCCCCCCC. The summed E-state index contributed by atoms with van der Waals surface area (Å²) in [4.78, 5) is 23.4. The van der Waals surface area contributed by atoms with Gasteiger partial charge < -0.3 is 19.8 Å². The van der Waals surface area contributed by atoms with E-state index in [9.17, 15) is 19.4 Å². The van der Waals surface area contributed by atoms with E-state index in [0.717, 1.165) is 83.5 Å². The number of aliphatic hydroxyl groups is 1. The molecule has 0 rings (SSSR count). The van der Waals surface area contributed by atoms with Crippen LogP contribution in [-0.2, 0) is 18.4 Å². The molecular weight excluding hydrogens is 972 g/mol. The first-order valence-corrected chi connectivity index (χ1v) is 33.6. The Morgan fingerprint density at radius 2 is 0.792 bits per heavy atom. The van der Waals surface area contributed by atoms with E-state index in [4.69, 9.17) is 9.05 Å². The molecule has 0 saturated carbocycles. The fourth-order valence-corrected chi connectivity index (χ4v) is 9.78. The molecule has 3 unspecified atom stereocenters. The second-order valence-corrected chi connectivity index (χ2v) is 24.2. The zero-order valence-electron chi connectivity index (χ0n) is 50.9. The van der Waals surface area contributed by atoms with Crippen LogP contribution in [0.2, 0.25) is 0 Å². The average molecular weight is 1100 g/mol. The summed E-state index contributed by atoms with van der Waals surface area (Å²) in [6, 6.07) is -0.881. The molecular formula is C68H124N2O6P+. The molecule has 0 aromatic heterocycles. The lowest BCUT2D eigenvalue weighted by Crippen LogP contribution is -2.45. The Balaban J connectivity index is 4.23. The third-order valence-corrected chi connectivity index (χ3v) is 15.0. The number of unbranched alkanes of at least 4 members (excludes halogenated alkanes) is 31. The number of likely N-dealkylation sites (N-methyl/N-ethyl adjacent to an activating group) is 1. The summed E-state index contributed by atoms with van der Waals surface area (Å²) in [5.41, 5.74) is 0. The number of carbonyl (C=O) groups is 1. The van der Waals surface area contributed by atoms with Gasteiger partial charge in [-0.25, -0.2) is 4.57 Å². The Morgan fingerprint density at radius 1 is 0.455 bits per heavy atom. The summed E-state index contributed by atoms with van der Waals surface area (Å²) < 4.78 is 23.7. The molecule has 9 heteroatoms. The van der Waals surface area contributed by atoms with Gasteiger partial charge in [0.25, 0.3) is 0 Å². The molecule has 0 aromatic rings. The Morgan fingerprint density at radius 3 is 1.19 bits per heavy atom. The van der Waals surface area contributed by atoms with Crippen molar-refractivity contribution in [2.24, 2.45) is 0 Å². The van der Waals surface area contributed by atoms with Crippen molar-refractivity contribution in [3.05, 3.63) is 97.2 Å². The van der Waals surface area contributed by atoms with Gasteiger partial charge in [-0.1, -0.05) is 278 Å². The van der Waals surface area contributed by atoms with Crippen LogP contribution in [0.3, 0.4) is 0 Å². The van der Waals surface area contributed by atoms with E-state index in [1.54, 1.807) is 6.08 Å². The number of phosphoric ester groups is 1. The quantitative estimate of drug-likeness (QED) is 0.0243. The molecule has 0 aliphatic carbocycles. The molecule has 0 aliphatic rings. The van der Waals surface area contributed by atoms with Gasteiger partial charge in [0.05, 0.1) is 39.9 Å². The number of carbonyl (C=O) groups excluding carboxylic acids is 1. The molecule has 0 aliphatic heterocycles. The lowest BCUT2D eigenvalue weighted by atomic mass is 10.0. The van der Waals surface area contributed by atoms with Crippen molar-refractivity contribution in [3.8, 4) is 0 Å². The molecule has 0 spiro atoms. The van der Waals surface area contributed by atoms with Crippen LogP contribution in [0.4, 0.5) is 0 Å². The summed E-state index contributed by atoms with van der Waals surface area (Å²) in [6.07, 6.45) is 84.0. The summed E-state index contributed by atoms with van der Waals surface area (Å²) in [5.74, 6) is -0.199. The third-order valence-electron chi connectivity index (χ3n) is 14.0. The van der Waals surface area contributed by atoms with Gasteiger partial charge in [-0.05, 0) is 89.9 Å². The zero-order chi connectivity index (χ0) is 56.3. The lowest BCUT2D eigenvalue weighted by Gasteiger charge is -2.25. The van der Waals surface area contributed by atoms with Gasteiger partial charge in [0.15, 0.2) is 0 Å². The summed E-state index contributed by atoms with van der Waals surface area (Å²) in [7, 11) is 1.53. The molecule has 0 radical (unpaired) electrons. The minimum absolute atomic E-state index is 0.0477. The van der Waals surface area contributed by atoms with Crippen LogP contribution in [-0.4, -0.2) is 73.4 Å². The van der Waals surface area contributed by atoms with Gasteiger partial charge in [0.1, 0.15) is 13.2 Å². The van der Waals surface area contributed by atoms with Crippen LogP contribution < -0.4 is 5.32 Å². The Hall–Kier alpha value is -2.58. The minimum atomic E-state index is -4.37. The van der Waals surface area contributed by atoms with Crippen LogP contribution in [0.1, 0.15) is 277 Å². The molecule has 0 aromatic carbocycles. The number of hydrogen-bond donors (Lipinski definition) is 3. The Labute approximate surface area is 477 Å². The van der Waals surface area contributed by atoms with Gasteiger partial charge in [-0.3, -0.25) is 13.8 Å². The first-order valence-electron chi connectivity index (χ1n) is 32.1. The number of rotatable bonds is 58. The maximum atomic E-state index is 13.0. The second-order valence-electron chi connectivity index (χ2n) is 22.7. The maximum absolute atomic E-state index is 13.0. The molecule has 0 saturated heterocycles. The van der Waals surface area contributed by atoms with Gasteiger partial charge in [-0.2, -0.15) is 0 Å². The molecule has 0 bridgehead atoms. The monoisotopic (exact) mass is 1100 g/mol. The fourth-order valence-electron chi connectivity index (χ4n) is 9.04. The number of aliphatic hydroxyl groups excluding tert-OH is 1. The third kappa shape index (κ3) is 60.9. The molecule has 3 atom stereocenters. The predicted octanol–water partition coefficient (Wildman–Crippen LogP) is 20.2. The summed E-state index contributed by atoms with van der Waals surface area (Å²) >= 11 is 0. The van der Waals surface area contributed by atoms with Crippen molar-refractivity contribution >= 4 is 13.7 Å². The highest BCUT2D eigenvalue weighted by Crippen LogP contribution is 2.43. The van der Waals surface area contributed by atoms with Crippen molar-refractivity contribution in [3.63, 3.8) is 0 Å². The van der Waals surface area contributed by atoms with E-state index in [1.165, 1.54) is 173 Å². The number of allylic oxidation sites excluding steroid dienone is 15. The van der Waals surface area contributed by atoms with E-state index in [1.807, 2.05) is 27.2 Å². The number of hydrogen-bond acceptors (Lipinski definition) is 5. The fraction of sp³-hybridized carbons (Fsp3) is 0.750. The summed E-state index contributed by atoms with van der Waals surface area (Å²) in [5, 5.41) is 13.9. The number of quaternary nitrogens is 1. The van der Waals surface area contributed by atoms with E-state index < -0.39 is 20.0 Å². The Kier molecular flexibility index (Phi) is 56.1. The lowest BCUT2D eigenvalue weighted by molar-refractivity contribution is -0.870. The second kappa shape index (κ2) is 58.1. The normalized spacial score (nSPS) is 14.4. The van der Waals surface area contributed by atoms with Crippen LogP contribution in [0.25, 0.3) is 0 Å². The first kappa shape index (κ1) is 74.4. The van der Waals surface area contributed by atoms with Crippen LogP contribution in [0.5, 0.6) is 0 Å². The zero-order valence-corrected chi connectivity index (χ0v) is 51.8. The van der Waals surface area contributed by atoms with Crippen molar-refractivity contribution in [1.29, 1.82) is 0 Å². The van der Waals surface area contributed by atoms with E-state index in [2.05, 4.69) is 104 Å². The number of amides is 1. The van der Waals surface area contributed by atoms with Gasteiger partial charge in [0, 0.05) is 6.42 Å². The van der Waals surface area contributed by atoms with E-state index >= 15 is 0 Å². The molecule has 8 nitrogen and oxygen atoms in total. The van der Waals surface area contributed by atoms with Crippen LogP contribution in [0, 0.1) is 0 Å². The molecule has 446 valence electrons. The van der Waals surface area contributed by atoms with Crippen LogP contribution >= 0.6 is 7.82 Å². The van der Waals surface area contributed by atoms with Gasteiger partial charge in [-0.15, -0.1) is 0 Å². The van der Waals surface area contributed by atoms with Gasteiger partial charge in [0.2, 0.25) is 5.91 Å². The van der Waals surface area contributed by atoms with Crippen LogP contribution in [0.15, 0.2) is 97.2 Å². The highest BCUT2D eigenvalue weighted by molar-refractivity contribution is 7.47. The molecule has 77 heavy (non-hydrogen) atoms. The molecule has 1 amide bonds. The molecule has 3 N–H and O–H groups in total. The molecule has 0 fully saturated rings. The predicted molar refractivity (Wildman–Crippen MR) is 336 cm³/mol. The number of phosphoric acid groups is 1. The van der Waals surface area contributed by atoms with Crippen molar-refractivity contribution in [2.45, 2.75) is 289 Å². The number of nitrogens with zero attached hydrogens (tertiary/aromatic N) is 1. The van der Waals surface area contributed by atoms with Crippen molar-refractivity contribution < 1.29 is 32.9 Å². The first-order chi connectivity index (χ1) is 37.5. The topological polar surface area (TPSA) is 105 Å². The number of nitrogens with one attached hydrogen (secondary N) is 1. The van der Waals surface area contributed by atoms with Gasteiger partial charge >= 0.3 is 7.82 Å². The smallest absolute Gasteiger partial charge is 0.387 e. The summed E-state index contributed by atoms with van der Waals surface area (Å²) in [6.45, 7) is 4.69.